The second-order valence-electron chi connectivity index (χ2n) is 10.0. The van der Waals surface area contributed by atoms with Gasteiger partial charge in [0.25, 0.3) is 0 Å². The van der Waals surface area contributed by atoms with Gasteiger partial charge in [0, 0.05) is 0 Å². The molecule has 1 heterocycles. The molecule has 4 heteroatoms. The van der Waals surface area contributed by atoms with Crippen LogP contribution in [0.4, 0.5) is 0 Å². The first-order valence-electron chi connectivity index (χ1n) is 13.2. The second kappa shape index (κ2) is 11.2. The molecule has 3 aliphatic rings. The first-order valence-corrected chi connectivity index (χ1v) is 16.5. The van der Waals surface area contributed by atoms with Gasteiger partial charge in [-0.15, -0.1) is 0 Å². The van der Waals surface area contributed by atoms with Crippen molar-refractivity contribution in [2.75, 3.05) is 6.16 Å². The van der Waals surface area contributed by atoms with Crippen molar-refractivity contribution in [1.29, 1.82) is 0 Å². The van der Waals surface area contributed by atoms with Crippen LogP contribution in [0.15, 0.2) is 102 Å². The Kier molecular flexibility index (Phi) is 7.96. The van der Waals surface area contributed by atoms with Crippen molar-refractivity contribution in [3.8, 4) is 22.3 Å². The van der Waals surface area contributed by atoms with Crippen molar-refractivity contribution in [3.05, 3.63) is 125 Å². The van der Waals surface area contributed by atoms with E-state index in [2.05, 4.69) is 116 Å². The summed E-state index contributed by atoms with van der Waals surface area (Å²) in [7, 11) is -0.284. The Morgan fingerprint density at radius 2 is 1.42 bits per heavy atom. The molecule has 4 aromatic carbocycles. The van der Waals surface area contributed by atoms with E-state index in [1.165, 1.54) is 52.4 Å². The van der Waals surface area contributed by atoms with E-state index < -0.39 is 0 Å². The summed E-state index contributed by atoms with van der Waals surface area (Å²) >= 11 is -0.319. The van der Waals surface area contributed by atoms with Crippen LogP contribution < -0.4 is 14.7 Å². The van der Waals surface area contributed by atoms with Crippen LogP contribution in [0.3, 0.4) is 0 Å². The maximum absolute atomic E-state index is 2.64. The fraction of sp³-hybridized carbons (Fsp3) is 0.176. The number of hydrogen-bond acceptors (Lipinski definition) is 0. The van der Waals surface area contributed by atoms with Gasteiger partial charge in [-0.25, -0.2) is 0 Å². The zero-order valence-corrected chi connectivity index (χ0v) is 23.8. The number of fused-ring (bicyclic) bond motifs is 3. The zero-order valence-electron chi connectivity index (χ0n) is 21.4. The summed E-state index contributed by atoms with van der Waals surface area (Å²) in [6.07, 6.45) is 11.5. The number of benzene rings is 4. The summed E-state index contributed by atoms with van der Waals surface area (Å²) in [4.78, 5) is 0. The Hall–Kier alpha value is -2.64. The van der Waals surface area contributed by atoms with Crippen molar-refractivity contribution < 1.29 is 28.6 Å². The van der Waals surface area contributed by atoms with E-state index in [9.17, 15) is 0 Å². The average molecular weight is 554 g/mol. The molecule has 1 aliphatic heterocycles. The third-order valence-corrected chi connectivity index (χ3v) is 13.9. The second-order valence-corrected chi connectivity index (χ2v) is 14.7. The van der Waals surface area contributed by atoms with Gasteiger partial charge in [-0.3, -0.25) is 0 Å². The zero-order chi connectivity index (χ0) is 24.1. The van der Waals surface area contributed by atoms with Gasteiger partial charge in [-0.2, -0.15) is 0 Å². The van der Waals surface area contributed by atoms with E-state index in [-0.39, 0.29) is 36.5 Å². The molecule has 2 aliphatic carbocycles. The van der Waals surface area contributed by atoms with Gasteiger partial charge in [0.2, 0.25) is 0 Å². The molecule has 3 unspecified atom stereocenters. The van der Waals surface area contributed by atoms with Crippen LogP contribution in [0.2, 0.25) is 0 Å². The van der Waals surface area contributed by atoms with E-state index in [0.29, 0.717) is 8.45 Å². The van der Waals surface area contributed by atoms with Crippen LogP contribution in [-0.2, 0) is 19.2 Å². The molecule has 0 amide bonds. The monoisotopic (exact) mass is 554 g/mol. The maximum Gasteiger partial charge on any atom is -1.00 e. The summed E-state index contributed by atoms with van der Waals surface area (Å²) in [5.74, 6) is 0. The minimum atomic E-state index is -0.319. The van der Waals surface area contributed by atoms with Crippen LogP contribution in [0.1, 0.15) is 50.5 Å². The average Bonchev–Trinajstić information content (AvgIpc) is 3.47. The van der Waals surface area contributed by atoms with Crippen LogP contribution in [-0.4, -0.2) is 6.16 Å². The number of unbranched alkanes of at least 4 members (excludes halogenated alkanes) is 1. The topological polar surface area (TPSA) is 0 Å². The van der Waals surface area contributed by atoms with Crippen LogP contribution in [0.25, 0.3) is 34.4 Å². The van der Waals surface area contributed by atoms with Gasteiger partial charge in [-0.05, 0) is 0 Å². The molecule has 0 saturated carbocycles. The number of allylic oxidation sites excluding steroid dienone is 2. The Morgan fingerprint density at radius 3 is 2.24 bits per heavy atom. The quantitative estimate of drug-likeness (QED) is 0.254. The molecule has 7 rings (SSSR count). The standard InChI is InChI=1S/C19H18P.C15H11.2FH.Ti/c1-2-3-11-20-15-12-14-7-6-9-16(18(14)13-15)17-8-4-5-10-19(17)20;1-2-6-12(7-3-1)14-10-4-8-13-9-5-11-15(13)14;;;/h4-10,12-13H,2-3,11H2,1H3;1-11H;2*1H;/q;;;;+2/p-2. The normalized spacial score (nSPS) is 19.3. The summed E-state index contributed by atoms with van der Waals surface area (Å²) in [5, 5.41) is 3.39. The minimum absolute atomic E-state index is 0. The van der Waals surface area contributed by atoms with Crippen molar-refractivity contribution in [2.24, 2.45) is 0 Å². The Bertz CT molecular complexity index is 1530. The van der Waals surface area contributed by atoms with Gasteiger partial charge < -0.3 is 9.41 Å². The number of halogens is 2. The first-order chi connectivity index (χ1) is 17.8. The summed E-state index contributed by atoms with van der Waals surface area (Å²) in [6.45, 7) is 2.34. The van der Waals surface area contributed by atoms with Gasteiger partial charge in [0.1, 0.15) is 0 Å². The van der Waals surface area contributed by atoms with Gasteiger partial charge in [0.05, 0.1) is 0 Å². The molecule has 0 spiro atoms. The van der Waals surface area contributed by atoms with Crippen molar-refractivity contribution >= 4 is 25.4 Å². The molecule has 0 fully saturated rings. The Balaban J connectivity index is 0.00000147. The number of rotatable bonds is 6. The first kappa shape index (κ1) is 27.0. The van der Waals surface area contributed by atoms with E-state index in [1.807, 2.05) is 0 Å². The molecule has 3 atom stereocenters. The van der Waals surface area contributed by atoms with Gasteiger partial charge >= 0.3 is 226 Å². The molecule has 2 bridgehead atoms. The third-order valence-electron chi connectivity index (χ3n) is 7.93. The van der Waals surface area contributed by atoms with Crippen molar-refractivity contribution in [1.82, 2.24) is 0 Å². The van der Waals surface area contributed by atoms with E-state index >= 15 is 0 Å². The van der Waals surface area contributed by atoms with E-state index in [1.54, 1.807) is 21.7 Å². The van der Waals surface area contributed by atoms with Crippen molar-refractivity contribution in [3.63, 3.8) is 0 Å². The predicted molar refractivity (Wildman–Crippen MR) is 153 cm³/mol. The SMILES string of the molecule is CCCCP1C2=Cc3c(cccc3[CH]2[Ti+2][CH]2C=Cc3c(-c4ccccc4)cccc32)-c2ccccc21.[F-].[F-]. The molecule has 0 saturated heterocycles. The Labute approximate surface area is 234 Å². The molecular formula is C34H29F2PTi. The van der Waals surface area contributed by atoms with Crippen molar-refractivity contribution in [2.45, 2.75) is 28.2 Å². The molecule has 0 radical (unpaired) electrons. The maximum atomic E-state index is 2.64. The number of hydrogen-bond donors (Lipinski definition) is 0. The molecule has 188 valence electrons. The molecule has 0 aromatic heterocycles. The summed E-state index contributed by atoms with van der Waals surface area (Å²) < 4.78 is 1.22. The molecule has 38 heavy (non-hydrogen) atoms. The fourth-order valence-corrected chi connectivity index (χ4v) is 12.8. The smallest absolute Gasteiger partial charge is 1.00 e. The summed E-state index contributed by atoms with van der Waals surface area (Å²) in [5.41, 5.74) is 11.8. The predicted octanol–water partition coefficient (Wildman–Crippen LogP) is 3.20. The molecular weight excluding hydrogens is 525 g/mol. The summed E-state index contributed by atoms with van der Waals surface area (Å²) in [6, 6.07) is 34.3. The molecule has 4 aromatic rings. The molecule has 0 N–H and O–H groups in total. The van der Waals surface area contributed by atoms with Crippen LogP contribution in [0.5, 0.6) is 0 Å². The fourth-order valence-electron chi connectivity index (χ4n) is 6.20. The van der Waals surface area contributed by atoms with Crippen LogP contribution >= 0.6 is 7.92 Å². The Morgan fingerprint density at radius 1 is 0.711 bits per heavy atom. The van der Waals surface area contributed by atoms with E-state index in [0.717, 1.165) is 0 Å². The minimum Gasteiger partial charge on any atom is -1.00 e. The van der Waals surface area contributed by atoms with E-state index in [4.69, 9.17) is 0 Å². The third kappa shape index (κ3) is 4.38. The van der Waals surface area contributed by atoms with Crippen LogP contribution in [0, 0.1) is 0 Å². The van der Waals surface area contributed by atoms with Gasteiger partial charge in [0.15, 0.2) is 0 Å². The largest absolute Gasteiger partial charge is 1.00 e. The van der Waals surface area contributed by atoms with Gasteiger partial charge in [-0.1, -0.05) is 0 Å². The molecule has 0 nitrogen and oxygen atoms in total.